The minimum Gasteiger partial charge on any atom is -0.390 e. The highest BCUT2D eigenvalue weighted by Gasteiger charge is 2.64. The van der Waals surface area contributed by atoms with Crippen LogP contribution in [0.1, 0.15) is 109 Å². The highest BCUT2D eigenvalue weighted by atomic mass is 16.3. The van der Waals surface area contributed by atoms with Crippen molar-refractivity contribution in [3.8, 4) is 0 Å². The summed E-state index contributed by atoms with van der Waals surface area (Å²) < 4.78 is 2.43. The molecule has 0 radical (unpaired) electrons. The average Bonchev–Trinajstić information content (AvgIpc) is 3.50. The summed E-state index contributed by atoms with van der Waals surface area (Å²) in [6.07, 6.45) is 22.5. The topological polar surface area (TPSA) is 38.0 Å². The zero-order valence-electron chi connectivity index (χ0n) is 21.9. The quantitative estimate of drug-likeness (QED) is 0.534. The first-order valence-corrected chi connectivity index (χ1v) is 15.2. The van der Waals surface area contributed by atoms with E-state index in [0.29, 0.717) is 5.41 Å². The van der Waals surface area contributed by atoms with Gasteiger partial charge in [0.25, 0.3) is 0 Å². The van der Waals surface area contributed by atoms with Gasteiger partial charge in [0.1, 0.15) is 0 Å². The number of aliphatic hydroxyl groups is 1. The number of hydrogen-bond donors (Lipinski definition) is 1. The summed E-state index contributed by atoms with van der Waals surface area (Å²) in [5.41, 5.74) is 3.29. The summed E-state index contributed by atoms with van der Waals surface area (Å²) in [7, 11) is 0. The lowest BCUT2D eigenvalue weighted by Gasteiger charge is -2.58. The largest absolute Gasteiger partial charge is 0.390 e. The monoisotopic (exact) mass is 464 g/mol. The molecular formula is C31H48N2O. The van der Waals surface area contributed by atoms with Gasteiger partial charge in [0, 0.05) is 12.2 Å². The minimum atomic E-state index is -0.391. The second-order valence-corrected chi connectivity index (χ2v) is 14.3. The molecule has 1 aromatic heterocycles. The fourth-order valence-corrected chi connectivity index (χ4v) is 11.6. The minimum absolute atomic E-state index is 0.391. The lowest BCUT2D eigenvalue weighted by Crippen LogP contribution is -2.51. The third-order valence-electron chi connectivity index (χ3n) is 12.8. The van der Waals surface area contributed by atoms with Crippen LogP contribution < -0.4 is 0 Å². The molecule has 3 heteroatoms. The highest BCUT2D eigenvalue weighted by molar-refractivity contribution is 5.20. The van der Waals surface area contributed by atoms with Gasteiger partial charge in [0.15, 0.2) is 0 Å². The Morgan fingerprint density at radius 2 is 1.68 bits per heavy atom. The molecule has 0 amide bonds. The smallest absolute Gasteiger partial charge is 0.0622 e. The molecule has 188 valence electrons. The van der Waals surface area contributed by atoms with Crippen molar-refractivity contribution in [1.29, 1.82) is 0 Å². The van der Waals surface area contributed by atoms with E-state index in [1.807, 2.05) is 0 Å². The molecule has 5 fully saturated rings. The maximum Gasteiger partial charge on any atom is 0.0622 e. The summed E-state index contributed by atoms with van der Waals surface area (Å²) in [6, 6.07) is 0. The Hall–Kier alpha value is -0.830. The molecule has 6 aliphatic rings. The van der Waals surface area contributed by atoms with Crippen molar-refractivity contribution in [2.45, 2.75) is 122 Å². The average molecular weight is 465 g/mol. The zero-order chi connectivity index (χ0) is 23.1. The number of rotatable bonds is 3. The Morgan fingerprint density at radius 3 is 2.59 bits per heavy atom. The van der Waals surface area contributed by atoms with Gasteiger partial charge in [0.2, 0.25) is 0 Å². The van der Waals surface area contributed by atoms with Crippen molar-refractivity contribution < 1.29 is 5.11 Å². The molecule has 1 N–H and O–H groups in total. The van der Waals surface area contributed by atoms with E-state index in [0.717, 1.165) is 60.2 Å². The first kappa shape index (κ1) is 22.4. The van der Waals surface area contributed by atoms with Crippen LogP contribution in [0.15, 0.2) is 6.20 Å². The van der Waals surface area contributed by atoms with Crippen molar-refractivity contribution in [3.63, 3.8) is 0 Å². The fourth-order valence-electron chi connectivity index (χ4n) is 11.6. The molecule has 0 spiro atoms. The summed E-state index contributed by atoms with van der Waals surface area (Å²) >= 11 is 0. The molecule has 3 nitrogen and oxygen atoms in total. The predicted molar refractivity (Wildman–Crippen MR) is 136 cm³/mol. The van der Waals surface area contributed by atoms with Crippen LogP contribution in [0.3, 0.4) is 0 Å². The number of hydrogen-bond acceptors (Lipinski definition) is 2. The van der Waals surface area contributed by atoms with E-state index in [4.69, 9.17) is 5.10 Å². The fraction of sp³-hybridized carbons (Fsp3) is 0.903. The second kappa shape index (κ2) is 8.09. The molecule has 1 heterocycles. The molecule has 3 unspecified atom stereocenters. The summed E-state index contributed by atoms with van der Waals surface area (Å²) in [4.78, 5) is 0. The summed E-state index contributed by atoms with van der Waals surface area (Å²) in [5, 5.41) is 15.7. The Kier molecular flexibility index (Phi) is 5.32. The molecule has 7 rings (SSSR count). The van der Waals surface area contributed by atoms with Gasteiger partial charge < -0.3 is 5.11 Å². The number of fused-ring (bicyclic) bond motifs is 8. The van der Waals surface area contributed by atoms with Crippen molar-refractivity contribution >= 4 is 0 Å². The Bertz CT molecular complexity index is 919. The summed E-state index contributed by atoms with van der Waals surface area (Å²) in [5.74, 6) is 7.57. The standard InChI is InChI=1S/C31H48N2O/c1-30(34)15-12-22-20(18-30)10-11-26-23(22)13-16-31(2)27(24-7-5-8-25(24)29(26)31)14-17-33-28-9-4-3-6-21(28)19-32-33/h19-20,22-27,29,34H,3-18H2,1-2H3/t20?,22-,23+,24-,25+,26?,27-,29?,30+,31-/m0/s1. The van der Waals surface area contributed by atoms with Crippen LogP contribution in [0.2, 0.25) is 0 Å². The molecule has 0 saturated heterocycles. The third kappa shape index (κ3) is 3.34. The summed E-state index contributed by atoms with van der Waals surface area (Å²) in [6.45, 7) is 6.03. The Morgan fingerprint density at radius 1 is 0.882 bits per heavy atom. The Labute approximate surface area is 207 Å². The molecule has 6 aliphatic carbocycles. The molecule has 0 aromatic carbocycles. The molecule has 0 aliphatic heterocycles. The SMILES string of the molecule is C[C@@]1(O)CC[C@H]2C(CCC3C4[C@@H]5CCC[C@@H]5[C@H](CCn5ncc6c5CCCC6)[C@]4(C)CC[C@@H]32)C1. The van der Waals surface area contributed by atoms with Crippen LogP contribution in [0.4, 0.5) is 0 Å². The van der Waals surface area contributed by atoms with Crippen LogP contribution in [-0.2, 0) is 19.4 Å². The maximum absolute atomic E-state index is 10.8. The van der Waals surface area contributed by atoms with Crippen LogP contribution in [0.25, 0.3) is 0 Å². The van der Waals surface area contributed by atoms with Crippen molar-refractivity contribution in [2.75, 3.05) is 0 Å². The van der Waals surface area contributed by atoms with E-state index < -0.39 is 5.60 Å². The van der Waals surface area contributed by atoms with Gasteiger partial charge in [-0.05, 0) is 155 Å². The van der Waals surface area contributed by atoms with Gasteiger partial charge in [-0.1, -0.05) is 13.3 Å². The number of aromatic nitrogens is 2. The van der Waals surface area contributed by atoms with Crippen LogP contribution >= 0.6 is 0 Å². The molecule has 5 saturated carbocycles. The third-order valence-corrected chi connectivity index (χ3v) is 12.8. The van der Waals surface area contributed by atoms with Crippen LogP contribution in [0, 0.1) is 52.8 Å². The molecular weight excluding hydrogens is 416 g/mol. The van der Waals surface area contributed by atoms with Gasteiger partial charge in [-0.25, -0.2) is 0 Å². The van der Waals surface area contributed by atoms with Crippen molar-refractivity contribution in [3.05, 3.63) is 17.5 Å². The van der Waals surface area contributed by atoms with E-state index in [1.165, 1.54) is 90.0 Å². The zero-order valence-corrected chi connectivity index (χ0v) is 21.9. The molecule has 10 atom stereocenters. The van der Waals surface area contributed by atoms with Gasteiger partial charge in [-0.3, -0.25) is 4.68 Å². The number of nitrogens with zero attached hydrogens (tertiary/aromatic N) is 2. The molecule has 34 heavy (non-hydrogen) atoms. The molecule has 0 bridgehead atoms. The number of aryl methyl sites for hydroxylation is 2. The normalized spacial score (nSPS) is 49.6. The van der Waals surface area contributed by atoms with Crippen LogP contribution in [0.5, 0.6) is 0 Å². The lowest BCUT2D eigenvalue weighted by atomic mass is 9.48. The maximum atomic E-state index is 10.8. The van der Waals surface area contributed by atoms with Gasteiger partial charge >= 0.3 is 0 Å². The highest BCUT2D eigenvalue weighted by Crippen LogP contribution is 2.71. The van der Waals surface area contributed by atoms with E-state index >= 15 is 0 Å². The van der Waals surface area contributed by atoms with E-state index in [2.05, 4.69) is 24.7 Å². The van der Waals surface area contributed by atoms with Crippen molar-refractivity contribution in [1.82, 2.24) is 9.78 Å². The second-order valence-electron chi connectivity index (χ2n) is 14.3. The molecule has 1 aromatic rings. The van der Waals surface area contributed by atoms with Crippen LogP contribution in [-0.4, -0.2) is 20.5 Å². The first-order chi connectivity index (χ1) is 16.4. The van der Waals surface area contributed by atoms with Gasteiger partial charge in [0.05, 0.1) is 11.8 Å². The van der Waals surface area contributed by atoms with E-state index in [-0.39, 0.29) is 0 Å². The van der Waals surface area contributed by atoms with Gasteiger partial charge in [-0.2, -0.15) is 5.10 Å². The first-order valence-electron chi connectivity index (χ1n) is 15.2. The van der Waals surface area contributed by atoms with Gasteiger partial charge in [-0.15, -0.1) is 0 Å². The lowest BCUT2D eigenvalue weighted by molar-refractivity contribution is -0.107. The van der Waals surface area contributed by atoms with E-state index in [1.54, 1.807) is 11.3 Å². The Balaban J connectivity index is 1.13. The van der Waals surface area contributed by atoms with E-state index in [9.17, 15) is 5.11 Å². The predicted octanol–water partition coefficient (Wildman–Crippen LogP) is 6.81. The van der Waals surface area contributed by atoms with Crippen molar-refractivity contribution in [2.24, 2.45) is 52.8 Å².